The van der Waals surface area contributed by atoms with E-state index in [1.807, 2.05) is 12.3 Å². The Morgan fingerprint density at radius 2 is 1.94 bits per heavy atom. The van der Waals surface area contributed by atoms with Crippen molar-refractivity contribution in [3.63, 3.8) is 0 Å². The Kier molecular flexibility index (Phi) is 9.39. The first kappa shape index (κ1) is 25.6. The van der Waals surface area contributed by atoms with E-state index < -0.39 is 22.7 Å². The number of carbonyl (C=O) groups is 2. The SMILES string of the molecule is C#CCNC(=O)CNC(=O)CN(CC1CCN(C(C)c2cccc3cccnc23)CC1)[SH](=O)=O. The number of pyridine rings is 1. The fourth-order valence-corrected chi connectivity index (χ4v) is 4.89. The standard InChI is InChI=1S/C24H31N5O4S/c1-3-11-25-22(30)15-27-23(31)17-29(34(32)33)16-19-9-13-28(14-10-19)18(2)21-8-4-6-20-7-5-12-26-24(20)21/h1,4-8,12,18-19,34H,9-11,13-17H2,2H3,(H,25,30)(H,27,31). The molecule has 2 heterocycles. The van der Waals surface area contributed by atoms with Crippen molar-refractivity contribution in [1.82, 2.24) is 24.8 Å². The predicted octanol–water partition coefficient (Wildman–Crippen LogP) is 0.702. The summed E-state index contributed by atoms with van der Waals surface area (Å²) in [7, 11) is -2.91. The van der Waals surface area contributed by atoms with Gasteiger partial charge in [-0.3, -0.25) is 19.5 Å². The van der Waals surface area contributed by atoms with Crippen LogP contribution in [-0.4, -0.2) is 73.7 Å². The lowest BCUT2D eigenvalue weighted by molar-refractivity contribution is -0.126. The summed E-state index contributed by atoms with van der Waals surface area (Å²) in [4.78, 5) is 30.6. The van der Waals surface area contributed by atoms with Crippen LogP contribution in [0, 0.1) is 18.3 Å². The molecule has 10 heteroatoms. The van der Waals surface area contributed by atoms with Crippen molar-refractivity contribution in [1.29, 1.82) is 0 Å². The minimum absolute atomic E-state index is 0.0710. The molecule has 1 aromatic heterocycles. The summed E-state index contributed by atoms with van der Waals surface area (Å²) in [5, 5.41) is 5.97. The van der Waals surface area contributed by atoms with Crippen LogP contribution in [0.2, 0.25) is 0 Å². The maximum absolute atomic E-state index is 12.1. The van der Waals surface area contributed by atoms with Crippen molar-refractivity contribution >= 4 is 33.6 Å². The molecule has 2 N–H and O–H groups in total. The van der Waals surface area contributed by atoms with Crippen molar-refractivity contribution < 1.29 is 18.0 Å². The molecule has 1 aliphatic rings. The summed E-state index contributed by atoms with van der Waals surface area (Å²) in [6, 6.07) is 10.4. The van der Waals surface area contributed by atoms with Crippen molar-refractivity contribution in [2.24, 2.45) is 5.92 Å². The first-order valence-electron chi connectivity index (χ1n) is 11.3. The first-order valence-corrected chi connectivity index (χ1v) is 12.5. The van der Waals surface area contributed by atoms with Gasteiger partial charge in [0.25, 0.3) is 0 Å². The highest BCUT2D eigenvalue weighted by Crippen LogP contribution is 2.30. The Balaban J connectivity index is 1.51. The number of nitrogens with zero attached hydrogens (tertiary/aromatic N) is 3. The van der Waals surface area contributed by atoms with Crippen LogP contribution < -0.4 is 10.6 Å². The molecule has 0 saturated carbocycles. The lowest BCUT2D eigenvalue weighted by Gasteiger charge is -2.37. The number of rotatable bonds is 10. The number of fused-ring (bicyclic) bond motifs is 1. The molecule has 0 radical (unpaired) electrons. The van der Waals surface area contributed by atoms with Gasteiger partial charge in [-0.15, -0.1) is 6.42 Å². The minimum atomic E-state index is -2.91. The van der Waals surface area contributed by atoms with Crippen LogP contribution in [0.5, 0.6) is 0 Å². The van der Waals surface area contributed by atoms with Gasteiger partial charge in [0.2, 0.25) is 22.7 Å². The van der Waals surface area contributed by atoms with E-state index >= 15 is 0 Å². The average molecular weight is 486 g/mol. The number of amides is 2. The number of benzene rings is 1. The van der Waals surface area contributed by atoms with E-state index in [2.05, 4.69) is 57.6 Å². The lowest BCUT2D eigenvalue weighted by Crippen LogP contribution is -2.44. The van der Waals surface area contributed by atoms with E-state index in [0.29, 0.717) is 0 Å². The number of likely N-dealkylation sites (tertiary alicyclic amines) is 1. The molecule has 2 amide bonds. The van der Waals surface area contributed by atoms with Gasteiger partial charge in [0, 0.05) is 24.2 Å². The minimum Gasteiger partial charge on any atom is -0.346 e. The van der Waals surface area contributed by atoms with Gasteiger partial charge in [-0.1, -0.05) is 30.2 Å². The summed E-state index contributed by atoms with van der Waals surface area (Å²) in [6.07, 6.45) is 8.54. The Morgan fingerprint density at radius 3 is 2.65 bits per heavy atom. The normalized spacial score (nSPS) is 15.8. The Morgan fingerprint density at radius 1 is 1.21 bits per heavy atom. The summed E-state index contributed by atoms with van der Waals surface area (Å²) in [5.74, 6) is 1.48. The third-order valence-corrected chi connectivity index (χ3v) is 6.94. The summed E-state index contributed by atoms with van der Waals surface area (Å²) in [5.41, 5.74) is 2.19. The molecule has 9 nitrogen and oxygen atoms in total. The van der Waals surface area contributed by atoms with Crippen LogP contribution in [0.4, 0.5) is 0 Å². The highest BCUT2D eigenvalue weighted by atomic mass is 32.2. The average Bonchev–Trinajstić information content (AvgIpc) is 2.85. The molecule has 182 valence electrons. The number of nitrogens with one attached hydrogen (secondary N) is 2. The molecule has 3 rings (SSSR count). The summed E-state index contributed by atoms with van der Waals surface area (Å²) < 4.78 is 24.6. The van der Waals surface area contributed by atoms with Gasteiger partial charge < -0.3 is 10.6 Å². The number of thiol groups is 1. The smallest absolute Gasteiger partial charge is 0.240 e. The molecule has 0 spiro atoms. The lowest BCUT2D eigenvalue weighted by atomic mass is 9.94. The molecular weight excluding hydrogens is 454 g/mol. The van der Waals surface area contributed by atoms with Gasteiger partial charge in [0.05, 0.1) is 25.2 Å². The molecular formula is C24H31N5O4S. The van der Waals surface area contributed by atoms with Gasteiger partial charge in [0.15, 0.2) is 0 Å². The van der Waals surface area contributed by atoms with Gasteiger partial charge in [-0.2, -0.15) is 4.31 Å². The molecule has 1 fully saturated rings. The third-order valence-electron chi connectivity index (χ3n) is 6.17. The fraction of sp³-hybridized carbons (Fsp3) is 0.458. The van der Waals surface area contributed by atoms with Gasteiger partial charge in [-0.05, 0) is 50.4 Å². The zero-order chi connectivity index (χ0) is 24.5. The zero-order valence-corrected chi connectivity index (χ0v) is 20.2. The molecule has 1 aromatic carbocycles. The molecule has 1 aliphatic heterocycles. The largest absolute Gasteiger partial charge is 0.346 e. The monoisotopic (exact) mass is 485 g/mol. The summed E-state index contributed by atoms with van der Waals surface area (Å²) >= 11 is 0. The Labute approximate surface area is 202 Å². The number of carbonyl (C=O) groups excluding carboxylic acids is 2. The van der Waals surface area contributed by atoms with Crippen molar-refractivity contribution in [2.45, 2.75) is 25.8 Å². The quantitative estimate of drug-likeness (QED) is 0.338. The van der Waals surface area contributed by atoms with Crippen LogP contribution in [0.25, 0.3) is 10.9 Å². The number of piperidine rings is 1. The van der Waals surface area contributed by atoms with Gasteiger partial charge >= 0.3 is 0 Å². The van der Waals surface area contributed by atoms with Crippen LogP contribution in [-0.2, 0) is 20.5 Å². The number of terminal acetylenes is 1. The molecule has 1 saturated heterocycles. The second-order valence-corrected chi connectivity index (χ2v) is 9.46. The summed E-state index contributed by atoms with van der Waals surface area (Å²) in [6.45, 7) is 3.65. The molecule has 2 aromatic rings. The van der Waals surface area contributed by atoms with E-state index in [1.54, 1.807) is 0 Å². The maximum Gasteiger partial charge on any atom is 0.240 e. The molecule has 1 unspecified atom stereocenters. The van der Waals surface area contributed by atoms with Crippen molar-refractivity contribution in [3.8, 4) is 12.3 Å². The van der Waals surface area contributed by atoms with Crippen molar-refractivity contribution in [2.75, 3.05) is 39.3 Å². The molecule has 0 bridgehead atoms. The topological polar surface area (TPSA) is 112 Å². The molecule has 34 heavy (non-hydrogen) atoms. The van der Waals surface area contributed by atoms with Crippen molar-refractivity contribution in [3.05, 3.63) is 42.1 Å². The maximum atomic E-state index is 12.1. The van der Waals surface area contributed by atoms with Gasteiger partial charge in [0.1, 0.15) is 0 Å². The number of aromatic nitrogens is 1. The third kappa shape index (κ3) is 7.00. The van der Waals surface area contributed by atoms with Gasteiger partial charge in [-0.25, -0.2) is 8.42 Å². The van der Waals surface area contributed by atoms with E-state index in [0.717, 1.165) is 41.1 Å². The van der Waals surface area contributed by atoms with Crippen LogP contribution in [0.1, 0.15) is 31.4 Å². The number of hydrogen-bond donors (Lipinski definition) is 3. The van der Waals surface area contributed by atoms with Crippen LogP contribution >= 0.6 is 0 Å². The second kappa shape index (κ2) is 12.5. The molecule has 0 aliphatic carbocycles. The number of para-hydroxylation sites is 1. The molecule has 1 atom stereocenters. The Hall–Kier alpha value is -3.00. The van der Waals surface area contributed by atoms with E-state index in [-0.39, 0.29) is 38.1 Å². The van der Waals surface area contributed by atoms with Crippen LogP contribution in [0.3, 0.4) is 0 Å². The highest BCUT2D eigenvalue weighted by molar-refractivity contribution is 7.69. The van der Waals surface area contributed by atoms with E-state index in [4.69, 9.17) is 6.42 Å². The highest BCUT2D eigenvalue weighted by Gasteiger charge is 2.27. The first-order chi connectivity index (χ1) is 16.4. The zero-order valence-electron chi connectivity index (χ0n) is 19.3. The predicted molar refractivity (Wildman–Crippen MR) is 131 cm³/mol. The van der Waals surface area contributed by atoms with Crippen LogP contribution in [0.15, 0.2) is 36.5 Å². The fourth-order valence-electron chi connectivity index (χ4n) is 4.28. The second-order valence-electron chi connectivity index (χ2n) is 8.42. The Bertz CT molecular complexity index is 1110. The van der Waals surface area contributed by atoms with E-state index in [9.17, 15) is 18.0 Å². The van der Waals surface area contributed by atoms with E-state index in [1.165, 1.54) is 5.56 Å². The number of hydrogen-bond acceptors (Lipinski definition) is 6.